The summed E-state index contributed by atoms with van der Waals surface area (Å²) in [5.74, 6) is -0.435. The zero-order chi connectivity index (χ0) is 16.2. The number of carbonyl (C=O) groups excluding carboxylic acids is 1. The van der Waals surface area contributed by atoms with E-state index in [9.17, 15) is 4.79 Å². The van der Waals surface area contributed by atoms with Crippen LogP contribution in [0.3, 0.4) is 0 Å². The molecule has 1 amide bonds. The van der Waals surface area contributed by atoms with Crippen LogP contribution in [0.1, 0.15) is 10.4 Å². The highest BCUT2D eigenvalue weighted by atomic mass is 35.5. The molecule has 3 aromatic rings. The van der Waals surface area contributed by atoms with Crippen molar-refractivity contribution >= 4 is 39.9 Å². The molecule has 0 saturated carbocycles. The number of halogens is 1. The number of hydrogen-bond donors (Lipinski definition) is 3. The zero-order valence-corrected chi connectivity index (χ0v) is 13.0. The molecule has 10 heteroatoms. The summed E-state index contributed by atoms with van der Waals surface area (Å²) in [7, 11) is 0. The molecular weight excluding hydrogens is 340 g/mol. The number of amides is 1. The summed E-state index contributed by atoms with van der Waals surface area (Å²) in [6.45, 7) is 0. The standard InChI is InChI=1S/C13H9ClN6O2S/c14-9-4-2-1-3-8(9)11-18-19-13(23-11)17-12-15-5-7(6-16-12)10(21)20-22/h1-6,22H,(H,20,21)(H,15,16,17,19). The maximum absolute atomic E-state index is 11.2. The summed E-state index contributed by atoms with van der Waals surface area (Å²) in [6, 6.07) is 7.33. The predicted molar refractivity (Wildman–Crippen MR) is 84.9 cm³/mol. The average Bonchev–Trinajstić information content (AvgIpc) is 3.03. The second-order valence-electron chi connectivity index (χ2n) is 4.25. The first-order chi connectivity index (χ1) is 11.2. The first-order valence-electron chi connectivity index (χ1n) is 6.29. The Morgan fingerprint density at radius 3 is 2.61 bits per heavy atom. The van der Waals surface area contributed by atoms with Crippen LogP contribution in [0.2, 0.25) is 5.02 Å². The van der Waals surface area contributed by atoms with Crippen LogP contribution in [0, 0.1) is 0 Å². The van der Waals surface area contributed by atoms with Crippen LogP contribution in [0.5, 0.6) is 0 Å². The summed E-state index contributed by atoms with van der Waals surface area (Å²) >= 11 is 7.42. The number of nitrogens with one attached hydrogen (secondary N) is 2. The van der Waals surface area contributed by atoms with E-state index in [4.69, 9.17) is 16.8 Å². The second-order valence-corrected chi connectivity index (χ2v) is 5.64. The molecular formula is C13H9ClN6O2S. The summed E-state index contributed by atoms with van der Waals surface area (Å²) in [4.78, 5) is 19.1. The van der Waals surface area contributed by atoms with E-state index < -0.39 is 5.91 Å². The summed E-state index contributed by atoms with van der Waals surface area (Å²) < 4.78 is 0. The molecule has 0 atom stereocenters. The maximum Gasteiger partial charge on any atom is 0.277 e. The molecule has 116 valence electrons. The van der Waals surface area contributed by atoms with Gasteiger partial charge in [0, 0.05) is 18.0 Å². The molecule has 3 rings (SSSR count). The molecule has 3 N–H and O–H groups in total. The molecule has 1 aromatic carbocycles. The third-order valence-electron chi connectivity index (χ3n) is 2.76. The Morgan fingerprint density at radius 2 is 1.91 bits per heavy atom. The second kappa shape index (κ2) is 6.65. The molecule has 2 aromatic heterocycles. The van der Waals surface area contributed by atoms with Gasteiger partial charge in [-0.3, -0.25) is 15.3 Å². The Morgan fingerprint density at radius 1 is 1.17 bits per heavy atom. The smallest absolute Gasteiger partial charge is 0.277 e. The Labute approximate surface area is 139 Å². The van der Waals surface area contributed by atoms with Gasteiger partial charge in [-0.25, -0.2) is 15.4 Å². The molecule has 0 bridgehead atoms. The number of hydroxylamine groups is 1. The van der Waals surface area contributed by atoms with Crippen molar-refractivity contribution in [3.05, 3.63) is 47.2 Å². The Balaban J connectivity index is 1.77. The molecule has 0 fully saturated rings. The predicted octanol–water partition coefficient (Wildman–Crippen LogP) is 2.51. The number of rotatable bonds is 4. The van der Waals surface area contributed by atoms with Crippen LogP contribution in [-0.4, -0.2) is 31.3 Å². The van der Waals surface area contributed by atoms with E-state index in [1.165, 1.54) is 29.2 Å². The lowest BCUT2D eigenvalue weighted by Gasteiger charge is -2.01. The number of hydrogen-bond acceptors (Lipinski definition) is 8. The Kier molecular flexibility index (Phi) is 4.42. The molecule has 23 heavy (non-hydrogen) atoms. The fourth-order valence-corrected chi connectivity index (χ4v) is 2.75. The van der Waals surface area contributed by atoms with Gasteiger partial charge in [-0.15, -0.1) is 10.2 Å². The van der Waals surface area contributed by atoms with Gasteiger partial charge in [0.15, 0.2) is 5.01 Å². The minimum absolute atomic E-state index is 0.132. The molecule has 0 aliphatic rings. The maximum atomic E-state index is 11.2. The molecule has 0 aliphatic carbocycles. The van der Waals surface area contributed by atoms with Crippen molar-refractivity contribution in [3.63, 3.8) is 0 Å². The van der Waals surface area contributed by atoms with Crippen molar-refractivity contribution in [3.8, 4) is 10.6 Å². The van der Waals surface area contributed by atoms with Gasteiger partial charge in [0.25, 0.3) is 5.91 Å². The van der Waals surface area contributed by atoms with Gasteiger partial charge in [0.05, 0.1) is 10.6 Å². The molecule has 2 heterocycles. The van der Waals surface area contributed by atoms with E-state index in [0.717, 1.165) is 5.56 Å². The van der Waals surface area contributed by atoms with Gasteiger partial charge in [-0.05, 0) is 6.07 Å². The van der Waals surface area contributed by atoms with Gasteiger partial charge in [-0.2, -0.15) is 0 Å². The van der Waals surface area contributed by atoms with Crippen molar-refractivity contribution in [2.45, 2.75) is 0 Å². The van der Waals surface area contributed by atoms with Crippen LogP contribution in [0.25, 0.3) is 10.6 Å². The van der Waals surface area contributed by atoms with E-state index in [1.54, 1.807) is 6.07 Å². The minimum Gasteiger partial charge on any atom is -0.299 e. The largest absolute Gasteiger partial charge is 0.299 e. The number of benzene rings is 1. The summed E-state index contributed by atoms with van der Waals surface area (Å²) in [5, 5.41) is 21.2. The quantitative estimate of drug-likeness (QED) is 0.490. The van der Waals surface area contributed by atoms with Gasteiger partial charge >= 0.3 is 0 Å². The lowest BCUT2D eigenvalue weighted by Crippen LogP contribution is -2.19. The average molecular weight is 349 g/mol. The minimum atomic E-state index is -0.687. The van der Waals surface area contributed by atoms with Crippen LogP contribution in [-0.2, 0) is 0 Å². The number of carbonyl (C=O) groups is 1. The number of aromatic nitrogens is 4. The first-order valence-corrected chi connectivity index (χ1v) is 7.48. The Bertz CT molecular complexity index is 838. The van der Waals surface area contributed by atoms with Crippen molar-refractivity contribution in [2.24, 2.45) is 0 Å². The highest BCUT2D eigenvalue weighted by Gasteiger charge is 2.11. The van der Waals surface area contributed by atoms with Crippen LogP contribution < -0.4 is 10.8 Å². The molecule has 0 radical (unpaired) electrons. The monoisotopic (exact) mass is 348 g/mol. The van der Waals surface area contributed by atoms with Crippen molar-refractivity contribution in [1.29, 1.82) is 0 Å². The third-order valence-corrected chi connectivity index (χ3v) is 3.97. The SMILES string of the molecule is O=C(NO)c1cnc(Nc2nnc(-c3ccccc3Cl)s2)nc1. The van der Waals surface area contributed by atoms with Crippen LogP contribution >= 0.6 is 22.9 Å². The van der Waals surface area contributed by atoms with Crippen LogP contribution in [0.4, 0.5) is 11.1 Å². The molecule has 0 saturated heterocycles. The fourth-order valence-electron chi connectivity index (χ4n) is 1.69. The lowest BCUT2D eigenvalue weighted by molar-refractivity contribution is 0.0705. The molecule has 8 nitrogen and oxygen atoms in total. The van der Waals surface area contributed by atoms with Crippen molar-refractivity contribution in [1.82, 2.24) is 25.6 Å². The van der Waals surface area contributed by atoms with E-state index in [0.29, 0.717) is 15.2 Å². The highest BCUT2D eigenvalue weighted by Crippen LogP contribution is 2.32. The van der Waals surface area contributed by atoms with Gasteiger partial charge in [-0.1, -0.05) is 41.1 Å². The first kappa shape index (κ1) is 15.3. The topological polar surface area (TPSA) is 113 Å². The van der Waals surface area contributed by atoms with Gasteiger partial charge in [0.2, 0.25) is 11.1 Å². The van der Waals surface area contributed by atoms with Crippen LogP contribution in [0.15, 0.2) is 36.7 Å². The van der Waals surface area contributed by atoms with Crippen molar-refractivity contribution in [2.75, 3.05) is 5.32 Å². The highest BCUT2D eigenvalue weighted by molar-refractivity contribution is 7.18. The van der Waals surface area contributed by atoms with Gasteiger partial charge in [0.1, 0.15) is 0 Å². The molecule has 0 aliphatic heterocycles. The van der Waals surface area contributed by atoms with Crippen molar-refractivity contribution < 1.29 is 10.0 Å². The van der Waals surface area contributed by atoms with E-state index in [2.05, 4.69) is 25.5 Å². The number of nitrogens with zero attached hydrogens (tertiary/aromatic N) is 4. The summed E-state index contributed by atoms with van der Waals surface area (Å²) in [5.41, 5.74) is 2.42. The number of anilines is 2. The fraction of sp³-hybridized carbons (Fsp3) is 0. The molecule has 0 spiro atoms. The van der Waals surface area contributed by atoms with E-state index in [-0.39, 0.29) is 11.5 Å². The van der Waals surface area contributed by atoms with E-state index >= 15 is 0 Å². The zero-order valence-electron chi connectivity index (χ0n) is 11.4. The third kappa shape index (κ3) is 3.42. The lowest BCUT2D eigenvalue weighted by atomic mass is 10.2. The normalized spacial score (nSPS) is 10.3. The Hall–Kier alpha value is -2.62. The van der Waals surface area contributed by atoms with E-state index in [1.807, 2.05) is 18.2 Å². The molecule has 0 unspecified atom stereocenters. The summed E-state index contributed by atoms with van der Waals surface area (Å²) in [6.07, 6.45) is 2.55. The van der Waals surface area contributed by atoms with Gasteiger partial charge < -0.3 is 0 Å².